The lowest BCUT2D eigenvalue weighted by molar-refractivity contribution is -0.139. The van der Waals surface area contributed by atoms with Crippen LogP contribution in [0, 0.1) is 0 Å². The molecule has 1 atom stereocenters. The van der Waals surface area contributed by atoms with E-state index in [0.717, 1.165) is 24.9 Å². The summed E-state index contributed by atoms with van der Waals surface area (Å²) < 4.78 is 0. The Morgan fingerprint density at radius 2 is 2.40 bits per heavy atom. The summed E-state index contributed by atoms with van der Waals surface area (Å²) in [7, 11) is 0. The van der Waals surface area contributed by atoms with Crippen molar-refractivity contribution in [3.05, 3.63) is 34.9 Å². The number of aryl methyl sites for hydroxylation is 1. The van der Waals surface area contributed by atoms with Crippen LogP contribution < -0.4 is 5.32 Å². The van der Waals surface area contributed by atoms with Crippen LogP contribution in [0.1, 0.15) is 29.7 Å². The summed E-state index contributed by atoms with van der Waals surface area (Å²) >= 11 is 0. The summed E-state index contributed by atoms with van der Waals surface area (Å²) in [6, 6.07) is 5.63. The molecule has 0 aromatic heterocycles. The van der Waals surface area contributed by atoms with Gasteiger partial charge in [-0.15, -0.1) is 0 Å². The topological polar surface area (TPSA) is 49.3 Å². The monoisotopic (exact) mass is 205 g/mol. The molecule has 0 saturated heterocycles. The van der Waals surface area contributed by atoms with Gasteiger partial charge in [0.25, 0.3) is 0 Å². The molecule has 1 aromatic carbocycles. The number of rotatable bonds is 2. The maximum absolute atomic E-state index is 11.1. The largest absolute Gasteiger partial charge is 0.480 e. The van der Waals surface area contributed by atoms with Crippen molar-refractivity contribution in [3.63, 3.8) is 0 Å². The minimum atomic E-state index is -0.788. The van der Waals surface area contributed by atoms with Crippen LogP contribution in [-0.2, 0) is 17.6 Å². The zero-order valence-electron chi connectivity index (χ0n) is 8.79. The Balaban J connectivity index is 2.43. The molecule has 0 radical (unpaired) electrons. The summed E-state index contributed by atoms with van der Waals surface area (Å²) in [6.45, 7) is 2.82. The van der Waals surface area contributed by atoms with Gasteiger partial charge in [-0.05, 0) is 29.5 Å². The highest BCUT2D eigenvalue weighted by Crippen LogP contribution is 2.24. The fraction of sp³-hybridized carbons (Fsp3) is 0.417. The Kier molecular flexibility index (Phi) is 2.73. The van der Waals surface area contributed by atoms with Crippen LogP contribution in [0.2, 0.25) is 0 Å². The third kappa shape index (κ3) is 1.88. The van der Waals surface area contributed by atoms with Crippen LogP contribution >= 0.6 is 0 Å². The van der Waals surface area contributed by atoms with Crippen LogP contribution in [-0.4, -0.2) is 17.6 Å². The molecule has 2 N–H and O–H groups in total. The van der Waals surface area contributed by atoms with Gasteiger partial charge in [0.15, 0.2) is 0 Å². The number of carboxylic acid groups (broad SMARTS) is 1. The maximum Gasteiger partial charge on any atom is 0.325 e. The molecule has 1 unspecified atom stereocenters. The first kappa shape index (κ1) is 10.2. The van der Waals surface area contributed by atoms with E-state index in [4.69, 9.17) is 5.11 Å². The van der Waals surface area contributed by atoms with Crippen molar-refractivity contribution in [1.82, 2.24) is 5.32 Å². The summed E-state index contributed by atoms with van der Waals surface area (Å²) in [4.78, 5) is 11.1. The smallest absolute Gasteiger partial charge is 0.325 e. The first-order chi connectivity index (χ1) is 7.22. The predicted octanol–water partition coefficient (Wildman–Crippen LogP) is 1.52. The van der Waals surface area contributed by atoms with Crippen molar-refractivity contribution in [3.8, 4) is 0 Å². The number of benzene rings is 1. The fourth-order valence-electron chi connectivity index (χ4n) is 2.04. The lowest BCUT2D eigenvalue weighted by atomic mass is 9.92. The lowest BCUT2D eigenvalue weighted by Gasteiger charge is -2.24. The first-order valence-corrected chi connectivity index (χ1v) is 5.30. The van der Waals surface area contributed by atoms with E-state index >= 15 is 0 Å². The number of hydrogen-bond donors (Lipinski definition) is 2. The molecule has 2 rings (SSSR count). The van der Waals surface area contributed by atoms with Crippen LogP contribution in [0.15, 0.2) is 18.2 Å². The predicted molar refractivity (Wildman–Crippen MR) is 57.9 cm³/mol. The van der Waals surface area contributed by atoms with Gasteiger partial charge in [-0.25, -0.2) is 0 Å². The molecule has 0 bridgehead atoms. The SMILES string of the molecule is CCc1ccc2c(c1)C(C(=O)O)NCC2. The van der Waals surface area contributed by atoms with Gasteiger partial charge in [-0.3, -0.25) is 4.79 Å². The number of fused-ring (bicyclic) bond motifs is 1. The molecule has 0 aliphatic carbocycles. The molecule has 3 nitrogen and oxygen atoms in total. The van der Waals surface area contributed by atoms with Crippen LogP contribution in [0.3, 0.4) is 0 Å². The number of nitrogens with one attached hydrogen (secondary N) is 1. The molecule has 1 aliphatic rings. The summed E-state index contributed by atoms with van der Waals surface area (Å²) in [5, 5.41) is 12.1. The van der Waals surface area contributed by atoms with Crippen molar-refractivity contribution in [2.75, 3.05) is 6.54 Å². The van der Waals surface area contributed by atoms with Gasteiger partial charge in [-0.2, -0.15) is 0 Å². The first-order valence-electron chi connectivity index (χ1n) is 5.30. The van der Waals surface area contributed by atoms with E-state index in [0.29, 0.717) is 0 Å². The molecule has 0 saturated carbocycles. The third-order valence-corrected chi connectivity index (χ3v) is 2.92. The Bertz CT molecular complexity index is 387. The maximum atomic E-state index is 11.1. The molecule has 1 aliphatic heterocycles. The van der Waals surface area contributed by atoms with Crippen molar-refractivity contribution in [2.45, 2.75) is 25.8 Å². The van der Waals surface area contributed by atoms with Gasteiger partial charge >= 0.3 is 5.97 Å². The average Bonchev–Trinajstić information content (AvgIpc) is 2.27. The molecular weight excluding hydrogens is 190 g/mol. The second-order valence-electron chi connectivity index (χ2n) is 3.86. The molecule has 0 spiro atoms. The van der Waals surface area contributed by atoms with Crippen LogP contribution in [0.25, 0.3) is 0 Å². The van der Waals surface area contributed by atoms with Crippen molar-refractivity contribution in [2.24, 2.45) is 0 Å². The second-order valence-corrected chi connectivity index (χ2v) is 3.86. The Labute approximate surface area is 89.1 Å². The summed E-state index contributed by atoms with van der Waals surface area (Å²) in [5.41, 5.74) is 3.30. The van der Waals surface area contributed by atoms with Crippen molar-refractivity contribution >= 4 is 5.97 Å². The van der Waals surface area contributed by atoms with E-state index in [1.54, 1.807) is 0 Å². The Morgan fingerprint density at radius 1 is 1.60 bits per heavy atom. The standard InChI is InChI=1S/C12H15NO2/c1-2-8-3-4-9-5-6-13-11(12(14)15)10(9)7-8/h3-4,7,11,13H,2,5-6H2,1H3,(H,14,15). The molecule has 1 aromatic rings. The van der Waals surface area contributed by atoms with Gasteiger partial charge in [0.1, 0.15) is 6.04 Å². The number of carboxylic acids is 1. The zero-order valence-corrected chi connectivity index (χ0v) is 8.79. The van der Waals surface area contributed by atoms with E-state index in [1.807, 2.05) is 6.07 Å². The molecule has 1 heterocycles. The number of carbonyl (C=O) groups is 1. The minimum absolute atomic E-state index is 0.528. The quantitative estimate of drug-likeness (QED) is 0.769. The zero-order chi connectivity index (χ0) is 10.8. The molecule has 0 fully saturated rings. The van der Waals surface area contributed by atoms with E-state index in [1.165, 1.54) is 11.1 Å². The second kappa shape index (κ2) is 4.03. The normalized spacial score (nSPS) is 19.7. The molecule has 0 amide bonds. The van der Waals surface area contributed by atoms with E-state index < -0.39 is 12.0 Å². The van der Waals surface area contributed by atoms with Gasteiger partial charge in [0, 0.05) is 6.54 Å². The Hall–Kier alpha value is -1.35. The number of aliphatic carboxylic acids is 1. The summed E-state index contributed by atoms with van der Waals surface area (Å²) in [5.74, 6) is -0.788. The van der Waals surface area contributed by atoms with E-state index in [2.05, 4.69) is 24.4 Å². The van der Waals surface area contributed by atoms with E-state index in [-0.39, 0.29) is 0 Å². The van der Waals surface area contributed by atoms with Crippen molar-refractivity contribution in [1.29, 1.82) is 0 Å². The highest BCUT2D eigenvalue weighted by molar-refractivity contribution is 5.76. The third-order valence-electron chi connectivity index (χ3n) is 2.92. The molecule has 80 valence electrons. The lowest BCUT2D eigenvalue weighted by Crippen LogP contribution is -2.35. The molecular formula is C12H15NO2. The number of hydrogen-bond acceptors (Lipinski definition) is 2. The van der Waals surface area contributed by atoms with E-state index in [9.17, 15) is 4.79 Å². The highest BCUT2D eigenvalue weighted by atomic mass is 16.4. The summed E-state index contributed by atoms with van der Waals surface area (Å²) in [6.07, 6.45) is 1.86. The van der Waals surface area contributed by atoms with Gasteiger partial charge in [0.2, 0.25) is 0 Å². The molecule has 3 heteroatoms. The fourth-order valence-corrected chi connectivity index (χ4v) is 2.04. The molecule has 15 heavy (non-hydrogen) atoms. The van der Waals surface area contributed by atoms with Crippen LogP contribution in [0.4, 0.5) is 0 Å². The average molecular weight is 205 g/mol. The van der Waals surface area contributed by atoms with Gasteiger partial charge in [-0.1, -0.05) is 25.1 Å². The Morgan fingerprint density at radius 3 is 3.07 bits per heavy atom. The van der Waals surface area contributed by atoms with Gasteiger partial charge in [0.05, 0.1) is 0 Å². The van der Waals surface area contributed by atoms with Crippen LogP contribution in [0.5, 0.6) is 0 Å². The van der Waals surface area contributed by atoms with Crippen molar-refractivity contribution < 1.29 is 9.90 Å². The highest BCUT2D eigenvalue weighted by Gasteiger charge is 2.25. The minimum Gasteiger partial charge on any atom is -0.480 e. The van der Waals surface area contributed by atoms with Gasteiger partial charge < -0.3 is 10.4 Å².